The number of hydrogen-bond donors (Lipinski definition) is 2. The first-order valence-electron chi connectivity index (χ1n) is 9.48. The maximum Gasteiger partial charge on any atom is 0.317 e. The molecule has 0 spiro atoms. The molecule has 5 nitrogen and oxygen atoms in total. The van der Waals surface area contributed by atoms with Gasteiger partial charge in [-0.15, -0.1) is 0 Å². The summed E-state index contributed by atoms with van der Waals surface area (Å²) in [5.41, 5.74) is 4.07. The minimum atomic E-state index is -0.0703. The fourth-order valence-electron chi connectivity index (χ4n) is 3.61. The normalized spacial score (nSPS) is 16.7. The van der Waals surface area contributed by atoms with Crippen molar-refractivity contribution in [1.29, 1.82) is 0 Å². The van der Waals surface area contributed by atoms with E-state index in [2.05, 4.69) is 16.7 Å². The van der Waals surface area contributed by atoms with Gasteiger partial charge >= 0.3 is 6.03 Å². The molecule has 2 N–H and O–H groups in total. The summed E-state index contributed by atoms with van der Waals surface area (Å²) in [7, 11) is 1.66. The van der Waals surface area contributed by atoms with Crippen LogP contribution >= 0.6 is 0 Å². The third-order valence-corrected chi connectivity index (χ3v) is 5.24. The van der Waals surface area contributed by atoms with Gasteiger partial charge in [0.2, 0.25) is 0 Å². The van der Waals surface area contributed by atoms with E-state index in [4.69, 9.17) is 0 Å². The van der Waals surface area contributed by atoms with Crippen LogP contribution in [0.4, 0.5) is 4.79 Å². The zero-order valence-corrected chi connectivity index (χ0v) is 16.0. The Balaban J connectivity index is 1.67. The zero-order valence-electron chi connectivity index (χ0n) is 16.0. The molecule has 1 saturated heterocycles. The molecule has 0 saturated carbocycles. The molecule has 3 rings (SSSR count). The van der Waals surface area contributed by atoms with E-state index in [0.29, 0.717) is 18.7 Å². The van der Waals surface area contributed by atoms with E-state index < -0.39 is 0 Å². The summed E-state index contributed by atoms with van der Waals surface area (Å²) in [5, 5.41) is 5.70. The lowest BCUT2D eigenvalue weighted by Crippen LogP contribution is -2.43. The number of piperidine rings is 1. The van der Waals surface area contributed by atoms with Gasteiger partial charge in [-0.25, -0.2) is 4.79 Å². The lowest BCUT2D eigenvalue weighted by atomic mass is 9.89. The molecule has 2 aromatic rings. The molecule has 0 radical (unpaired) electrons. The van der Waals surface area contributed by atoms with Crippen molar-refractivity contribution in [2.75, 3.05) is 20.1 Å². The number of amides is 3. The largest absolute Gasteiger partial charge is 0.348 e. The summed E-state index contributed by atoms with van der Waals surface area (Å²) in [6.07, 6.45) is 2.00. The molecule has 2 aromatic carbocycles. The molecular formula is C22H27N3O2. The van der Waals surface area contributed by atoms with Crippen LogP contribution in [0, 0.1) is 6.92 Å². The summed E-state index contributed by atoms with van der Waals surface area (Å²) in [4.78, 5) is 26.4. The molecule has 1 fully saturated rings. The molecule has 0 unspecified atom stereocenters. The highest BCUT2D eigenvalue weighted by molar-refractivity contribution is 5.94. The average Bonchev–Trinajstić information content (AvgIpc) is 2.72. The predicted octanol–water partition coefficient (Wildman–Crippen LogP) is 3.44. The van der Waals surface area contributed by atoms with Crippen LogP contribution in [0.15, 0.2) is 48.5 Å². The lowest BCUT2D eigenvalue weighted by molar-refractivity contribution is 0.0950. The van der Waals surface area contributed by atoms with Crippen LogP contribution in [0.3, 0.4) is 0 Å². The number of nitrogens with one attached hydrogen (secondary N) is 2. The standard InChI is InChI=1S/C22H27N3O2/c1-16-7-3-4-8-19(16)14-24-21(26)18-10-5-9-17(13-18)20-11-6-12-25(15-20)22(27)23-2/h3-5,7-10,13,20H,6,11-12,14-15H2,1-2H3,(H,23,27)(H,24,26)/t20-/m1/s1. The highest BCUT2D eigenvalue weighted by Gasteiger charge is 2.24. The Labute approximate surface area is 160 Å². The van der Waals surface area contributed by atoms with E-state index in [1.165, 1.54) is 5.56 Å². The molecule has 0 aromatic heterocycles. The molecule has 1 atom stereocenters. The summed E-state index contributed by atoms with van der Waals surface area (Å²) >= 11 is 0. The third-order valence-electron chi connectivity index (χ3n) is 5.24. The first-order valence-corrected chi connectivity index (χ1v) is 9.48. The first kappa shape index (κ1) is 19.0. The Morgan fingerprint density at radius 3 is 2.74 bits per heavy atom. The third kappa shape index (κ3) is 4.67. The van der Waals surface area contributed by atoms with Crippen molar-refractivity contribution < 1.29 is 9.59 Å². The van der Waals surface area contributed by atoms with Gasteiger partial charge in [0.05, 0.1) is 0 Å². The molecular weight excluding hydrogens is 338 g/mol. The lowest BCUT2D eigenvalue weighted by Gasteiger charge is -2.32. The number of likely N-dealkylation sites (tertiary alicyclic amines) is 1. The highest BCUT2D eigenvalue weighted by atomic mass is 16.2. The Morgan fingerprint density at radius 2 is 1.96 bits per heavy atom. The van der Waals surface area contributed by atoms with E-state index in [9.17, 15) is 9.59 Å². The summed E-state index contributed by atoms with van der Waals surface area (Å²) in [5.74, 6) is 0.194. The van der Waals surface area contributed by atoms with Crippen molar-refractivity contribution in [2.24, 2.45) is 0 Å². The van der Waals surface area contributed by atoms with Crippen molar-refractivity contribution >= 4 is 11.9 Å². The molecule has 27 heavy (non-hydrogen) atoms. The number of hydrogen-bond acceptors (Lipinski definition) is 2. The number of carbonyl (C=O) groups excluding carboxylic acids is 2. The Bertz CT molecular complexity index is 819. The van der Waals surface area contributed by atoms with Crippen LogP contribution in [-0.2, 0) is 6.54 Å². The van der Waals surface area contributed by atoms with Gasteiger partial charge in [-0.05, 0) is 48.6 Å². The Kier molecular flexibility index (Phi) is 6.12. The molecule has 5 heteroatoms. The van der Waals surface area contributed by atoms with Gasteiger partial charge in [0.25, 0.3) is 5.91 Å². The number of urea groups is 1. The van der Waals surface area contributed by atoms with Gasteiger partial charge in [0.15, 0.2) is 0 Å². The number of benzene rings is 2. The van der Waals surface area contributed by atoms with Crippen LogP contribution in [0.1, 0.15) is 45.8 Å². The molecule has 0 aliphatic carbocycles. The molecule has 1 aliphatic heterocycles. The van der Waals surface area contributed by atoms with E-state index in [0.717, 1.165) is 30.5 Å². The van der Waals surface area contributed by atoms with Gasteiger partial charge in [0, 0.05) is 38.2 Å². The monoisotopic (exact) mass is 365 g/mol. The van der Waals surface area contributed by atoms with Crippen LogP contribution in [0.25, 0.3) is 0 Å². The summed E-state index contributed by atoms with van der Waals surface area (Å²) in [6.45, 7) is 4.04. The highest BCUT2D eigenvalue weighted by Crippen LogP contribution is 2.27. The van der Waals surface area contributed by atoms with E-state index in [1.54, 1.807) is 7.05 Å². The van der Waals surface area contributed by atoms with Gasteiger partial charge < -0.3 is 15.5 Å². The zero-order chi connectivity index (χ0) is 19.2. The van der Waals surface area contributed by atoms with E-state index in [-0.39, 0.29) is 17.9 Å². The summed E-state index contributed by atoms with van der Waals surface area (Å²) < 4.78 is 0. The summed E-state index contributed by atoms with van der Waals surface area (Å²) in [6, 6.07) is 15.8. The molecule has 1 heterocycles. The van der Waals surface area contributed by atoms with Crippen molar-refractivity contribution in [1.82, 2.24) is 15.5 Å². The SMILES string of the molecule is CNC(=O)N1CCC[C@@H](c2cccc(C(=O)NCc3ccccc3C)c2)C1. The number of rotatable bonds is 4. The van der Waals surface area contributed by atoms with Crippen LogP contribution in [-0.4, -0.2) is 37.0 Å². The second kappa shape index (κ2) is 8.71. The smallest absolute Gasteiger partial charge is 0.317 e. The second-order valence-corrected chi connectivity index (χ2v) is 7.07. The quantitative estimate of drug-likeness (QED) is 0.872. The van der Waals surface area contributed by atoms with Gasteiger partial charge in [-0.1, -0.05) is 36.4 Å². The number of nitrogens with zero attached hydrogens (tertiary/aromatic N) is 1. The van der Waals surface area contributed by atoms with Crippen LogP contribution in [0.2, 0.25) is 0 Å². The second-order valence-electron chi connectivity index (χ2n) is 7.07. The Morgan fingerprint density at radius 1 is 1.15 bits per heavy atom. The minimum Gasteiger partial charge on any atom is -0.348 e. The number of aryl methyl sites for hydroxylation is 1. The maximum absolute atomic E-state index is 12.6. The molecule has 3 amide bonds. The molecule has 1 aliphatic rings. The number of carbonyl (C=O) groups is 2. The van der Waals surface area contributed by atoms with Crippen molar-refractivity contribution in [3.8, 4) is 0 Å². The predicted molar refractivity (Wildman–Crippen MR) is 107 cm³/mol. The van der Waals surface area contributed by atoms with Crippen LogP contribution < -0.4 is 10.6 Å². The van der Waals surface area contributed by atoms with Gasteiger partial charge in [-0.3, -0.25) is 4.79 Å². The first-order chi connectivity index (χ1) is 13.1. The average molecular weight is 365 g/mol. The maximum atomic E-state index is 12.6. The van der Waals surface area contributed by atoms with E-state index in [1.807, 2.05) is 54.3 Å². The minimum absolute atomic E-state index is 0.0353. The van der Waals surface area contributed by atoms with Crippen molar-refractivity contribution in [3.63, 3.8) is 0 Å². The fraction of sp³-hybridized carbons (Fsp3) is 0.364. The van der Waals surface area contributed by atoms with Crippen molar-refractivity contribution in [3.05, 3.63) is 70.8 Å². The topological polar surface area (TPSA) is 61.4 Å². The van der Waals surface area contributed by atoms with Crippen LogP contribution in [0.5, 0.6) is 0 Å². The molecule has 0 bridgehead atoms. The van der Waals surface area contributed by atoms with E-state index >= 15 is 0 Å². The fourth-order valence-corrected chi connectivity index (χ4v) is 3.61. The van der Waals surface area contributed by atoms with Gasteiger partial charge in [0.1, 0.15) is 0 Å². The van der Waals surface area contributed by atoms with Crippen molar-refractivity contribution in [2.45, 2.75) is 32.2 Å². The van der Waals surface area contributed by atoms with Gasteiger partial charge in [-0.2, -0.15) is 0 Å². The Hall–Kier alpha value is -2.82. The molecule has 142 valence electrons.